The lowest BCUT2D eigenvalue weighted by Gasteiger charge is -2.17. The second kappa shape index (κ2) is 5.79. The van der Waals surface area contributed by atoms with E-state index in [-0.39, 0.29) is 18.1 Å². The van der Waals surface area contributed by atoms with Crippen LogP contribution in [0.25, 0.3) is 0 Å². The molecule has 0 bridgehead atoms. The first-order valence-corrected chi connectivity index (χ1v) is 6.27. The Hall–Kier alpha value is -1.95. The van der Waals surface area contributed by atoms with Crippen molar-refractivity contribution in [2.24, 2.45) is 0 Å². The number of nitro groups is 1. The Kier molecular flexibility index (Phi) is 4.11. The minimum absolute atomic E-state index is 0.0509. The summed E-state index contributed by atoms with van der Waals surface area (Å²) in [4.78, 5) is 23.8. The molecule has 1 aromatic carbocycles. The smallest absolute Gasteiger partial charge is 0.274 e. The highest BCUT2D eigenvalue weighted by Crippen LogP contribution is 2.20. The fourth-order valence-corrected chi connectivity index (χ4v) is 1.82. The van der Waals surface area contributed by atoms with E-state index in [4.69, 9.17) is 0 Å². The lowest BCUT2D eigenvalue weighted by Crippen LogP contribution is -2.36. The molecule has 1 aliphatic rings. The maximum Gasteiger partial charge on any atom is 0.274 e. The molecule has 6 heteroatoms. The van der Waals surface area contributed by atoms with E-state index in [1.165, 1.54) is 11.0 Å². The van der Waals surface area contributed by atoms with Crippen molar-refractivity contribution in [2.45, 2.75) is 25.4 Å². The number of benzene rings is 1. The van der Waals surface area contributed by atoms with Crippen molar-refractivity contribution in [1.82, 2.24) is 10.2 Å². The van der Waals surface area contributed by atoms with Crippen molar-refractivity contribution in [3.05, 3.63) is 39.9 Å². The Labute approximate surface area is 111 Å². The van der Waals surface area contributed by atoms with Gasteiger partial charge in [0.05, 0.1) is 18.0 Å². The number of hydrogen-bond acceptors (Lipinski definition) is 4. The molecule has 102 valence electrons. The van der Waals surface area contributed by atoms with Gasteiger partial charge in [-0.2, -0.15) is 0 Å². The number of nitro benzene ring substituents is 1. The fourth-order valence-electron chi connectivity index (χ4n) is 1.82. The van der Waals surface area contributed by atoms with E-state index in [1.54, 1.807) is 25.2 Å². The van der Waals surface area contributed by atoms with Crippen molar-refractivity contribution in [2.75, 3.05) is 13.6 Å². The van der Waals surface area contributed by atoms with Gasteiger partial charge in [0.2, 0.25) is 5.91 Å². The summed E-state index contributed by atoms with van der Waals surface area (Å²) in [6, 6.07) is 6.97. The highest BCUT2D eigenvalue weighted by Gasteiger charge is 2.22. The number of carbonyl (C=O) groups excluding carboxylic acids is 1. The molecular weight excluding hydrogens is 246 g/mol. The molecule has 0 spiro atoms. The van der Waals surface area contributed by atoms with E-state index in [2.05, 4.69) is 5.32 Å². The summed E-state index contributed by atoms with van der Waals surface area (Å²) >= 11 is 0. The lowest BCUT2D eigenvalue weighted by molar-refractivity contribution is -0.385. The largest absolute Gasteiger partial charge is 0.340 e. The summed E-state index contributed by atoms with van der Waals surface area (Å²) in [5, 5.41) is 14.0. The minimum Gasteiger partial charge on any atom is -0.340 e. The van der Waals surface area contributed by atoms with Gasteiger partial charge >= 0.3 is 0 Å². The number of para-hydroxylation sites is 1. The SMILES string of the molecule is CN(Cc1ccccc1[N+](=O)[O-])C(=O)CNC1CC1. The number of likely N-dealkylation sites (N-methyl/N-ethyl adjacent to an activating group) is 1. The number of rotatable bonds is 6. The summed E-state index contributed by atoms with van der Waals surface area (Å²) in [6.45, 7) is 0.546. The van der Waals surface area contributed by atoms with Crippen LogP contribution >= 0.6 is 0 Å². The van der Waals surface area contributed by atoms with Crippen LogP contribution in [-0.2, 0) is 11.3 Å². The zero-order valence-corrected chi connectivity index (χ0v) is 10.8. The Morgan fingerprint density at radius 3 is 2.79 bits per heavy atom. The van der Waals surface area contributed by atoms with Crippen LogP contribution in [0.2, 0.25) is 0 Å². The molecule has 1 aliphatic carbocycles. The summed E-state index contributed by atoms with van der Waals surface area (Å²) < 4.78 is 0. The summed E-state index contributed by atoms with van der Waals surface area (Å²) in [5.74, 6) is -0.0509. The zero-order valence-electron chi connectivity index (χ0n) is 10.8. The second-order valence-electron chi connectivity index (χ2n) is 4.79. The van der Waals surface area contributed by atoms with Crippen LogP contribution in [0.4, 0.5) is 5.69 Å². The Balaban J connectivity index is 1.95. The van der Waals surface area contributed by atoms with Gasteiger partial charge in [0.15, 0.2) is 0 Å². The van der Waals surface area contributed by atoms with Gasteiger partial charge in [0, 0.05) is 24.7 Å². The molecule has 1 fully saturated rings. The third-order valence-electron chi connectivity index (χ3n) is 3.14. The van der Waals surface area contributed by atoms with Gasteiger partial charge in [0.1, 0.15) is 0 Å². The van der Waals surface area contributed by atoms with Gasteiger partial charge in [-0.1, -0.05) is 18.2 Å². The first kappa shape index (κ1) is 13.5. The number of nitrogens with one attached hydrogen (secondary N) is 1. The van der Waals surface area contributed by atoms with Crippen LogP contribution in [0.1, 0.15) is 18.4 Å². The number of amides is 1. The quantitative estimate of drug-likeness (QED) is 0.620. The fraction of sp³-hybridized carbons (Fsp3) is 0.462. The molecule has 1 saturated carbocycles. The topological polar surface area (TPSA) is 75.5 Å². The minimum atomic E-state index is -0.421. The third kappa shape index (κ3) is 3.75. The molecule has 0 unspecified atom stereocenters. The molecule has 0 aliphatic heterocycles. The van der Waals surface area contributed by atoms with Gasteiger partial charge in [-0.15, -0.1) is 0 Å². The Bertz CT molecular complexity index is 486. The van der Waals surface area contributed by atoms with Crippen molar-refractivity contribution < 1.29 is 9.72 Å². The van der Waals surface area contributed by atoms with Crippen molar-refractivity contribution >= 4 is 11.6 Å². The molecule has 1 amide bonds. The van der Waals surface area contributed by atoms with E-state index < -0.39 is 4.92 Å². The first-order chi connectivity index (χ1) is 9.08. The first-order valence-electron chi connectivity index (χ1n) is 6.27. The number of carbonyl (C=O) groups is 1. The standard InChI is InChI=1S/C13H17N3O3/c1-15(13(17)8-14-11-6-7-11)9-10-4-2-3-5-12(10)16(18)19/h2-5,11,14H,6-9H2,1H3. The van der Waals surface area contributed by atoms with Crippen molar-refractivity contribution in [3.63, 3.8) is 0 Å². The van der Waals surface area contributed by atoms with Crippen molar-refractivity contribution in [1.29, 1.82) is 0 Å². The van der Waals surface area contributed by atoms with E-state index in [0.29, 0.717) is 18.2 Å². The monoisotopic (exact) mass is 263 g/mol. The molecule has 1 N–H and O–H groups in total. The van der Waals surface area contributed by atoms with Crippen LogP contribution in [0.15, 0.2) is 24.3 Å². The molecule has 0 atom stereocenters. The van der Waals surface area contributed by atoms with Crippen LogP contribution in [0.3, 0.4) is 0 Å². The molecule has 0 aromatic heterocycles. The molecule has 0 radical (unpaired) electrons. The molecule has 0 saturated heterocycles. The van der Waals surface area contributed by atoms with Gasteiger partial charge < -0.3 is 10.2 Å². The maximum absolute atomic E-state index is 11.9. The van der Waals surface area contributed by atoms with Crippen LogP contribution < -0.4 is 5.32 Å². The number of hydrogen-bond donors (Lipinski definition) is 1. The Morgan fingerprint density at radius 2 is 2.16 bits per heavy atom. The van der Waals surface area contributed by atoms with Crippen LogP contribution in [0.5, 0.6) is 0 Å². The van der Waals surface area contributed by atoms with Crippen LogP contribution in [0, 0.1) is 10.1 Å². The highest BCUT2D eigenvalue weighted by atomic mass is 16.6. The average Bonchev–Trinajstić information content (AvgIpc) is 3.20. The van der Waals surface area contributed by atoms with E-state index in [0.717, 1.165) is 12.8 Å². The normalized spacial score (nSPS) is 14.2. The van der Waals surface area contributed by atoms with E-state index >= 15 is 0 Å². The third-order valence-corrected chi connectivity index (χ3v) is 3.14. The summed E-state index contributed by atoms with van der Waals surface area (Å²) in [5.41, 5.74) is 0.604. The molecule has 6 nitrogen and oxygen atoms in total. The van der Waals surface area contributed by atoms with Gasteiger partial charge in [-0.05, 0) is 12.8 Å². The zero-order chi connectivity index (χ0) is 13.8. The van der Waals surface area contributed by atoms with E-state index in [1.807, 2.05) is 0 Å². The van der Waals surface area contributed by atoms with Gasteiger partial charge in [-0.25, -0.2) is 0 Å². The number of nitrogens with zero attached hydrogens (tertiary/aromatic N) is 2. The highest BCUT2D eigenvalue weighted by molar-refractivity contribution is 5.78. The second-order valence-corrected chi connectivity index (χ2v) is 4.79. The van der Waals surface area contributed by atoms with Gasteiger partial charge in [0.25, 0.3) is 5.69 Å². The average molecular weight is 263 g/mol. The summed E-state index contributed by atoms with van der Waals surface area (Å²) in [7, 11) is 1.66. The molecule has 19 heavy (non-hydrogen) atoms. The predicted molar refractivity (Wildman–Crippen MR) is 70.6 cm³/mol. The van der Waals surface area contributed by atoms with E-state index in [9.17, 15) is 14.9 Å². The molecule has 2 rings (SSSR count). The molecule has 1 aromatic rings. The molecule has 0 heterocycles. The van der Waals surface area contributed by atoms with Gasteiger partial charge in [-0.3, -0.25) is 14.9 Å². The maximum atomic E-state index is 11.9. The Morgan fingerprint density at radius 1 is 1.47 bits per heavy atom. The van der Waals surface area contributed by atoms with Crippen LogP contribution in [-0.4, -0.2) is 35.4 Å². The summed E-state index contributed by atoms with van der Waals surface area (Å²) in [6.07, 6.45) is 2.25. The predicted octanol–water partition coefficient (Wildman–Crippen LogP) is 1.31. The molecular formula is C13H17N3O3. The lowest BCUT2D eigenvalue weighted by atomic mass is 10.1. The van der Waals surface area contributed by atoms with Crippen molar-refractivity contribution in [3.8, 4) is 0 Å².